The van der Waals surface area contributed by atoms with E-state index in [-0.39, 0.29) is 0 Å². The van der Waals surface area contributed by atoms with Crippen LogP contribution < -0.4 is 10.6 Å². The molecular formula is C21H29N7S2. The molecule has 160 valence electrons. The zero-order valence-corrected chi connectivity index (χ0v) is 19.2. The van der Waals surface area contributed by atoms with Crippen LogP contribution in [0.15, 0.2) is 48.0 Å². The summed E-state index contributed by atoms with van der Waals surface area (Å²) in [5.74, 6) is 1.55. The highest BCUT2D eigenvalue weighted by atomic mass is 32.2. The first-order valence-corrected chi connectivity index (χ1v) is 11.9. The van der Waals surface area contributed by atoms with Crippen LogP contribution in [-0.2, 0) is 13.0 Å². The highest BCUT2D eigenvalue weighted by Gasteiger charge is 2.12. The van der Waals surface area contributed by atoms with Crippen LogP contribution in [0.2, 0.25) is 0 Å². The van der Waals surface area contributed by atoms with Gasteiger partial charge < -0.3 is 10.6 Å². The van der Waals surface area contributed by atoms with Gasteiger partial charge in [-0.25, -0.2) is 9.97 Å². The van der Waals surface area contributed by atoms with E-state index in [0.717, 1.165) is 59.3 Å². The molecule has 1 saturated heterocycles. The lowest BCUT2D eigenvalue weighted by Crippen LogP contribution is -2.19. The Morgan fingerprint density at radius 2 is 2.10 bits per heavy atom. The van der Waals surface area contributed by atoms with E-state index in [1.54, 1.807) is 36.3 Å². The van der Waals surface area contributed by atoms with Gasteiger partial charge in [-0.15, -0.1) is 17.9 Å². The van der Waals surface area contributed by atoms with E-state index in [1.807, 2.05) is 25.4 Å². The number of thiazole rings is 1. The number of nitrogens with one attached hydrogen (secondary N) is 2. The molecule has 0 spiro atoms. The lowest BCUT2D eigenvalue weighted by molar-refractivity contribution is 0.327. The van der Waals surface area contributed by atoms with Gasteiger partial charge in [-0.2, -0.15) is 0 Å². The highest BCUT2D eigenvalue weighted by Crippen LogP contribution is 2.22. The number of nitrogens with zero attached hydrogens (tertiary/aromatic N) is 5. The number of likely N-dealkylation sites (tertiary alicyclic amines) is 1. The monoisotopic (exact) mass is 443 g/mol. The molecule has 0 radical (unpaired) electrons. The average molecular weight is 444 g/mol. The minimum Gasteiger partial charge on any atom is -0.339 e. The third-order valence-corrected chi connectivity index (χ3v) is 6.43. The van der Waals surface area contributed by atoms with Gasteiger partial charge in [0.15, 0.2) is 16.1 Å². The quantitative estimate of drug-likeness (QED) is 0.341. The van der Waals surface area contributed by atoms with Crippen molar-refractivity contribution < 1.29 is 0 Å². The Balaban J connectivity index is 1.49. The third-order valence-electron chi connectivity index (χ3n) is 4.53. The van der Waals surface area contributed by atoms with Gasteiger partial charge in [0.2, 0.25) is 0 Å². The molecular weight excluding hydrogens is 414 g/mol. The minimum atomic E-state index is 0.720. The second kappa shape index (κ2) is 11.8. The number of aromatic nitrogens is 3. The first kappa shape index (κ1) is 22.5. The Morgan fingerprint density at radius 3 is 2.80 bits per heavy atom. The van der Waals surface area contributed by atoms with Crippen molar-refractivity contribution >= 4 is 39.2 Å². The summed E-state index contributed by atoms with van der Waals surface area (Å²) in [6.07, 6.45) is 12.9. The Hall–Kier alpha value is -2.23. The van der Waals surface area contributed by atoms with E-state index in [2.05, 4.69) is 48.1 Å². The van der Waals surface area contributed by atoms with E-state index in [9.17, 15) is 0 Å². The summed E-state index contributed by atoms with van der Waals surface area (Å²) in [5.41, 5.74) is 2.08. The molecule has 2 N–H and O–H groups in total. The average Bonchev–Trinajstić information content (AvgIpc) is 3.43. The standard InChI is InChI=1S/C21H29N7S2/c1-4-11-29-20(22-3)26-16(2)7-8-18-13-25-21(30-18)27-19-14-23-17(12-24-19)15-28-9-5-6-10-28/h4,7,12-14H,1,5-6,8-11,15H2,2-3H3,(H,22,26)(H,24,25,27)/b16-7-. The van der Waals surface area contributed by atoms with Crippen molar-refractivity contribution in [2.45, 2.75) is 32.7 Å². The molecule has 0 amide bonds. The van der Waals surface area contributed by atoms with Crippen LogP contribution in [0.25, 0.3) is 0 Å². The first-order chi connectivity index (χ1) is 14.7. The fraction of sp³-hybridized carbons (Fsp3) is 0.429. The largest absolute Gasteiger partial charge is 0.339 e. The second-order valence-electron chi connectivity index (χ2n) is 6.98. The zero-order chi connectivity index (χ0) is 21.2. The Labute approximate surface area is 186 Å². The van der Waals surface area contributed by atoms with Crippen molar-refractivity contribution in [2.24, 2.45) is 4.99 Å². The SMILES string of the molecule is C=CCSC(=NC)N/C(C)=C\Cc1cnc(Nc2cnc(CN3CCCC3)cn2)s1. The van der Waals surface area contributed by atoms with Gasteiger partial charge in [-0.05, 0) is 32.9 Å². The topological polar surface area (TPSA) is 78.3 Å². The third kappa shape index (κ3) is 7.23. The number of aliphatic imine (C=N–C) groups is 1. The van der Waals surface area contributed by atoms with Crippen molar-refractivity contribution in [3.8, 4) is 0 Å². The molecule has 2 aromatic heterocycles. The van der Waals surface area contributed by atoms with Crippen LogP contribution in [0.3, 0.4) is 0 Å². The van der Waals surface area contributed by atoms with E-state index in [4.69, 9.17) is 0 Å². The summed E-state index contributed by atoms with van der Waals surface area (Å²) in [6.45, 7) is 8.98. The molecule has 3 heterocycles. The molecule has 9 heteroatoms. The van der Waals surface area contributed by atoms with Crippen LogP contribution in [0.1, 0.15) is 30.3 Å². The molecule has 1 aliphatic heterocycles. The number of thioether (sulfide) groups is 1. The number of hydrogen-bond acceptors (Lipinski definition) is 8. The number of allylic oxidation sites excluding steroid dienone is 2. The summed E-state index contributed by atoms with van der Waals surface area (Å²) in [7, 11) is 1.79. The van der Waals surface area contributed by atoms with E-state index < -0.39 is 0 Å². The molecule has 2 aromatic rings. The molecule has 30 heavy (non-hydrogen) atoms. The van der Waals surface area contributed by atoms with Gasteiger partial charge in [0.25, 0.3) is 0 Å². The molecule has 0 saturated carbocycles. The van der Waals surface area contributed by atoms with E-state index in [0.29, 0.717) is 0 Å². The molecule has 0 bridgehead atoms. The lowest BCUT2D eigenvalue weighted by Gasteiger charge is -2.13. The predicted octanol–water partition coefficient (Wildman–Crippen LogP) is 4.21. The summed E-state index contributed by atoms with van der Waals surface area (Å²) in [5, 5.41) is 8.28. The van der Waals surface area contributed by atoms with Crippen molar-refractivity contribution in [1.29, 1.82) is 0 Å². The molecule has 0 atom stereocenters. The molecule has 1 aliphatic rings. The van der Waals surface area contributed by atoms with Gasteiger partial charge in [0, 0.05) is 42.5 Å². The second-order valence-corrected chi connectivity index (χ2v) is 9.10. The zero-order valence-electron chi connectivity index (χ0n) is 17.6. The lowest BCUT2D eigenvalue weighted by atomic mass is 10.3. The van der Waals surface area contributed by atoms with Crippen molar-refractivity contribution in [2.75, 3.05) is 31.2 Å². The number of hydrogen-bond donors (Lipinski definition) is 2. The van der Waals surface area contributed by atoms with Crippen LogP contribution in [-0.4, -0.2) is 50.9 Å². The molecule has 1 fully saturated rings. The summed E-state index contributed by atoms with van der Waals surface area (Å²) in [6, 6.07) is 0. The first-order valence-electron chi connectivity index (χ1n) is 10.1. The summed E-state index contributed by atoms with van der Waals surface area (Å²) >= 11 is 3.25. The maximum Gasteiger partial charge on any atom is 0.188 e. The highest BCUT2D eigenvalue weighted by molar-refractivity contribution is 8.13. The van der Waals surface area contributed by atoms with Crippen molar-refractivity contribution in [3.63, 3.8) is 0 Å². The van der Waals surface area contributed by atoms with Crippen molar-refractivity contribution in [1.82, 2.24) is 25.2 Å². The maximum absolute atomic E-state index is 4.53. The molecule has 0 aromatic carbocycles. The summed E-state index contributed by atoms with van der Waals surface area (Å²) < 4.78 is 0. The fourth-order valence-corrected chi connectivity index (χ4v) is 4.43. The number of anilines is 2. The molecule has 7 nitrogen and oxygen atoms in total. The maximum atomic E-state index is 4.53. The van der Waals surface area contributed by atoms with Crippen LogP contribution in [0, 0.1) is 0 Å². The van der Waals surface area contributed by atoms with Gasteiger partial charge in [-0.1, -0.05) is 23.9 Å². The molecule has 0 unspecified atom stereocenters. The van der Waals surface area contributed by atoms with Gasteiger partial charge in [-0.3, -0.25) is 14.9 Å². The van der Waals surface area contributed by atoms with Crippen molar-refractivity contribution in [3.05, 3.63) is 53.6 Å². The van der Waals surface area contributed by atoms with Gasteiger partial charge >= 0.3 is 0 Å². The Kier molecular flexibility index (Phi) is 8.85. The smallest absolute Gasteiger partial charge is 0.188 e. The van der Waals surface area contributed by atoms with Crippen LogP contribution in [0.5, 0.6) is 0 Å². The molecule has 3 rings (SSSR count). The van der Waals surface area contributed by atoms with Crippen LogP contribution in [0.4, 0.5) is 10.9 Å². The molecule has 0 aliphatic carbocycles. The fourth-order valence-electron chi connectivity index (χ4n) is 3.01. The van der Waals surface area contributed by atoms with Crippen LogP contribution >= 0.6 is 23.1 Å². The van der Waals surface area contributed by atoms with Gasteiger partial charge in [0.1, 0.15) is 0 Å². The number of amidine groups is 1. The minimum absolute atomic E-state index is 0.720. The van der Waals surface area contributed by atoms with E-state index in [1.165, 1.54) is 17.7 Å². The Morgan fingerprint density at radius 1 is 1.27 bits per heavy atom. The normalized spacial score (nSPS) is 15.4. The summed E-state index contributed by atoms with van der Waals surface area (Å²) in [4.78, 5) is 21.3. The van der Waals surface area contributed by atoms with Gasteiger partial charge in [0.05, 0.1) is 18.1 Å². The predicted molar refractivity (Wildman–Crippen MR) is 129 cm³/mol. The van der Waals surface area contributed by atoms with E-state index >= 15 is 0 Å². The number of rotatable bonds is 9. The Bertz CT molecular complexity index is 868.